The molecular weight excluding hydrogens is 436 g/mol. The van der Waals surface area contributed by atoms with Gasteiger partial charge in [0.1, 0.15) is 10.5 Å². The molecule has 0 aliphatic heterocycles. The number of benzene rings is 1. The number of rotatable bonds is 6. The van der Waals surface area contributed by atoms with Crippen molar-refractivity contribution < 1.29 is 0 Å². The smallest absolute Gasteiger partial charge is 0.263 e. The van der Waals surface area contributed by atoms with E-state index in [0.717, 1.165) is 32.9 Å². The fourth-order valence-corrected chi connectivity index (χ4v) is 5.64. The molecule has 0 aliphatic carbocycles. The molecule has 0 spiro atoms. The first-order valence-electron chi connectivity index (χ1n) is 10.3. The predicted molar refractivity (Wildman–Crippen MR) is 134 cm³/mol. The normalized spacial score (nSPS) is 11.4. The van der Waals surface area contributed by atoms with Crippen LogP contribution in [0.5, 0.6) is 0 Å². The number of hydrogen-bond donors (Lipinski definition) is 0. The minimum Gasteiger partial charge on any atom is -0.307 e. The van der Waals surface area contributed by atoms with Gasteiger partial charge in [0.25, 0.3) is 5.56 Å². The van der Waals surface area contributed by atoms with Crippen molar-refractivity contribution in [2.45, 2.75) is 31.3 Å². The molecule has 0 fully saturated rings. The van der Waals surface area contributed by atoms with Gasteiger partial charge in [0.15, 0.2) is 5.16 Å². The van der Waals surface area contributed by atoms with E-state index in [1.165, 1.54) is 28.7 Å². The average molecular weight is 459 g/mol. The first kappa shape index (κ1) is 20.7. The molecule has 0 amide bonds. The van der Waals surface area contributed by atoms with Gasteiger partial charge in [-0.15, -0.1) is 17.9 Å². The zero-order valence-corrected chi connectivity index (χ0v) is 19.5. The van der Waals surface area contributed by atoms with Crippen LogP contribution in [0.25, 0.3) is 27.0 Å². The van der Waals surface area contributed by atoms with Crippen molar-refractivity contribution in [2.24, 2.45) is 0 Å². The van der Waals surface area contributed by atoms with E-state index in [2.05, 4.69) is 50.8 Å². The zero-order chi connectivity index (χ0) is 22.2. The number of pyridine rings is 1. The molecule has 0 aliphatic rings. The number of aromatic nitrogens is 4. The van der Waals surface area contributed by atoms with Crippen LogP contribution in [0, 0.1) is 13.8 Å². The maximum atomic E-state index is 13.5. The summed E-state index contributed by atoms with van der Waals surface area (Å²) in [5, 5.41) is 3.39. The molecule has 32 heavy (non-hydrogen) atoms. The average Bonchev–Trinajstić information content (AvgIpc) is 3.40. The van der Waals surface area contributed by atoms with Gasteiger partial charge in [-0.25, -0.2) is 9.97 Å². The summed E-state index contributed by atoms with van der Waals surface area (Å²) in [4.78, 5) is 23.9. The third-order valence-electron chi connectivity index (χ3n) is 5.41. The number of aryl methyl sites for hydroxylation is 2. The summed E-state index contributed by atoms with van der Waals surface area (Å²) >= 11 is 3.04. The zero-order valence-electron chi connectivity index (χ0n) is 17.9. The van der Waals surface area contributed by atoms with Crippen LogP contribution in [0.4, 0.5) is 0 Å². The van der Waals surface area contributed by atoms with E-state index in [9.17, 15) is 4.79 Å². The van der Waals surface area contributed by atoms with E-state index in [4.69, 9.17) is 9.97 Å². The van der Waals surface area contributed by atoms with E-state index in [0.29, 0.717) is 22.8 Å². The van der Waals surface area contributed by atoms with Crippen molar-refractivity contribution in [1.29, 1.82) is 0 Å². The first-order valence-corrected chi connectivity index (χ1v) is 12.2. The largest absolute Gasteiger partial charge is 0.307 e. The summed E-state index contributed by atoms with van der Waals surface area (Å²) in [5.74, 6) is 0.631. The Balaban J connectivity index is 1.54. The van der Waals surface area contributed by atoms with Gasteiger partial charge in [-0.3, -0.25) is 9.36 Å². The van der Waals surface area contributed by atoms with Crippen LogP contribution in [-0.2, 0) is 12.3 Å². The summed E-state index contributed by atoms with van der Waals surface area (Å²) in [6.45, 7) is 8.37. The maximum absolute atomic E-state index is 13.5. The molecule has 0 N–H and O–H groups in total. The second-order valence-corrected chi connectivity index (χ2v) is 9.54. The second-order valence-electron chi connectivity index (χ2n) is 7.74. The molecule has 0 radical (unpaired) electrons. The Morgan fingerprint density at radius 3 is 2.72 bits per heavy atom. The third kappa shape index (κ3) is 3.67. The molecule has 5 aromatic rings. The van der Waals surface area contributed by atoms with Gasteiger partial charge in [-0.05, 0) is 31.0 Å². The van der Waals surface area contributed by atoms with Crippen LogP contribution in [0.2, 0.25) is 0 Å². The van der Waals surface area contributed by atoms with Crippen LogP contribution in [0.1, 0.15) is 16.8 Å². The Kier molecular flexibility index (Phi) is 5.45. The highest BCUT2D eigenvalue weighted by Crippen LogP contribution is 2.33. The van der Waals surface area contributed by atoms with Crippen LogP contribution in [0.3, 0.4) is 0 Å². The predicted octanol–water partition coefficient (Wildman–Crippen LogP) is 5.87. The van der Waals surface area contributed by atoms with E-state index < -0.39 is 0 Å². The molecule has 0 bridgehead atoms. The lowest BCUT2D eigenvalue weighted by atomic mass is 10.1. The lowest BCUT2D eigenvalue weighted by molar-refractivity contribution is 0.673. The number of imidazole rings is 1. The van der Waals surface area contributed by atoms with Crippen LogP contribution < -0.4 is 5.56 Å². The lowest BCUT2D eigenvalue weighted by Gasteiger charge is -2.10. The third-order valence-corrected chi connectivity index (χ3v) is 7.29. The Hall–Kier alpha value is -3.16. The van der Waals surface area contributed by atoms with Gasteiger partial charge < -0.3 is 4.40 Å². The molecular formula is C25H22N4OS2. The van der Waals surface area contributed by atoms with E-state index >= 15 is 0 Å². The summed E-state index contributed by atoms with van der Waals surface area (Å²) in [6, 6.07) is 12.3. The van der Waals surface area contributed by atoms with Crippen LogP contribution in [0.15, 0.2) is 76.8 Å². The van der Waals surface area contributed by atoms with Crippen molar-refractivity contribution >= 4 is 39.0 Å². The molecule has 7 heteroatoms. The van der Waals surface area contributed by atoms with Crippen LogP contribution >= 0.6 is 23.1 Å². The highest BCUT2D eigenvalue weighted by molar-refractivity contribution is 7.98. The molecule has 160 valence electrons. The fourth-order valence-electron chi connectivity index (χ4n) is 3.76. The molecule has 0 saturated heterocycles. The van der Waals surface area contributed by atoms with Gasteiger partial charge in [-0.1, -0.05) is 53.7 Å². The van der Waals surface area contributed by atoms with E-state index in [1.807, 2.05) is 28.2 Å². The Bertz CT molecular complexity index is 1510. The second kappa shape index (κ2) is 8.41. The van der Waals surface area contributed by atoms with Gasteiger partial charge in [0.05, 0.1) is 11.1 Å². The van der Waals surface area contributed by atoms with Gasteiger partial charge in [0, 0.05) is 35.6 Å². The minimum atomic E-state index is -0.0277. The van der Waals surface area contributed by atoms with Crippen molar-refractivity contribution in [2.75, 3.05) is 0 Å². The number of allylic oxidation sites excluding steroid dienone is 1. The summed E-state index contributed by atoms with van der Waals surface area (Å²) in [6.07, 6.45) is 5.77. The molecule has 5 nitrogen and oxygen atoms in total. The number of hydrogen-bond acceptors (Lipinski definition) is 5. The first-order chi connectivity index (χ1) is 15.5. The Morgan fingerprint density at radius 1 is 1.16 bits per heavy atom. The van der Waals surface area contributed by atoms with E-state index in [1.54, 1.807) is 10.6 Å². The number of nitrogens with zero attached hydrogens (tertiary/aromatic N) is 4. The molecule has 0 unspecified atom stereocenters. The highest BCUT2D eigenvalue weighted by atomic mass is 32.2. The molecule has 4 heterocycles. The molecule has 0 saturated carbocycles. The number of thioether (sulfide) groups is 1. The SMILES string of the molecule is C=CCn1c(SCc2cn3cccc(C)c3n2)nc2scc(-c3ccc(C)cc3)c2c1=O. The molecule has 4 aromatic heterocycles. The fraction of sp³-hybridized carbons (Fsp3) is 0.160. The Morgan fingerprint density at radius 2 is 1.97 bits per heavy atom. The summed E-state index contributed by atoms with van der Waals surface area (Å²) < 4.78 is 3.75. The van der Waals surface area contributed by atoms with Crippen molar-refractivity contribution in [3.05, 3.63) is 94.0 Å². The quantitative estimate of drug-likeness (QED) is 0.181. The number of fused-ring (bicyclic) bond motifs is 2. The molecule has 5 rings (SSSR count). The van der Waals surface area contributed by atoms with Crippen molar-refractivity contribution in [1.82, 2.24) is 18.9 Å². The number of thiophene rings is 1. The van der Waals surface area contributed by atoms with Crippen molar-refractivity contribution in [3.63, 3.8) is 0 Å². The van der Waals surface area contributed by atoms with E-state index in [-0.39, 0.29) is 5.56 Å². The monoisotopic (exact) mass is 458 g/mol. The molecule has 0 atom stereocenters. The van der Waals surface area contributed by atoms with Gasteiger partial charge >= 0.3 is 0 Å². The molecule has 1 aromatic carbocycles. The van der Waals surface area contributed by atoms with Crippen molar-refractivity contribution in [3.8, 4) is 11.1 Å². The van der Waals surface area contributed by atoms with Gasteiger partial charge in [-0.2, -0.15) is 0 Å². The lowest BCUT2D eigenvalue weighted by Crippen LogP contribution is -2.22. The summed E-state index contributed by atoms with van der Waals surface area (Å²) in [5.41, 5.74) is 6.18. The van der Waals surface area contributed by atoms with Crippen LogP contribution in [-0.4, -0.2) is 18.9 Å². The maximum Gasteiger partial charge on any atom is 0.263 e. The topological polar surface area (TPSA) is 52.2 Å². The minimum absolute atomic E-state index is 0.0277. The Labute approximate surface area is 194 Å². The standard InChI is InChI=1S/C25H22N4OS2/c1-4-11-29-24(30)21-20(18-9-7-16(2)8-10-18)15-31-23(21)27-25(29)32-14-19-13-28-12-5-6-17(3)22(28)26-19/h4-10,12-13,15H,1,11,14H2,2-3H3. The van der Waals surface area contributed by atoms with Gasteiger partial charge in [0.2, 0.25) is 0 Å². The highest BCUT2D eigenvalue weighted by Gasteiger charge is 2.17. The summed E-state index contributed by atoms with van der Waals surface area (Å²) in [7, 11) is 0.